The molecule has 0 fully saturated rings. The highest BCUT2D eigenvalue weighted by Crippen LogP contribution is 2.31. The van der Waals surface area contributed by atoms with Crippen LogP contribution in [0, 0.1) is 0 Å². The normalized spacial score (nSPS) is 10.6. The van der Waals surface area contributed by atoms with Crippen molar-refractivity contribution in [1.82, 2.24) is 5.32 Å². The van der Waals surface area contributed by atoms with E-state index in [1.54, 1.807) is 11.3 Å². The predicted octanol–water partition coefficient (Wildman–Crippen LogP) is 4.29. The van der Waals surface area contributed by atoms with E-state index >= 15 is 0 Å². The third-order valence-corrected chi connectivity index (χ3v) is 4.13. The van der Waals surface area contributed by atoms with Gasteiger partial charge in [-0.1, -0.05) is 25.1 Å². The maximum atomic E-state index is 3.57. The van der Waals surface area contributed by atoms with E-state index in [9.17, 15) is 0 Å². The first-order valence-corrected chi connectivity index (χ1v) is 7.06. The average molecular weight is 296 g/mol. The van der Waals surface area contributed by atoms with Crippen LogP contribution in [0.4, 0.5) is 0 Å². The van der Waals surface area contributed by atoms with Crippen molar-refractivity contribution < 1.29 is 0 Å². The Morgan fingerprint density at radius 1 is 1.31 bits per heavy atom. The van der Waals surface area contributed by atoms with E-state index in [-0.39, 0.29) is 0 Å². The molecule has 0 spiro atoms. The molecule has 1 N–H and O–H groups in total. The van der Waals surface area contributed by atoms with Gasteiger partial charge in [0.2, 0.25) is 0 Å². The summed E-state index contributed by atoms with van der Waals surface area (Å²) in [6.45, 7) is 4.07. The van der Waals surface area contributed by atoms with Crippen molar-refractivity contribution in [2.45, 2.75) is 13.5 Å². The van der Waals surface area contributed by atoms with E-state index in [1.807, 2.05) is 0 Å². The van der Waals surface area contributed by atoms with Crippen LogP contribution in [0.1, 0.15) is 12.5 Å². The molecule has 0 aliphatic carbocycles. The minimum Gasteiger partial charge on any atom is -0.313 e. The molecule has 0 saturated carbocycles. The second kappa shape index (κ2) is 5.62. The second-order valence-corrected chi connectivity index (χ2v) is 5.21. The smallest absolute Gasteiger partial charge is 0.0360 e. The first-order chi connectivity index (χ1) is 7.81. The standard InChI is InChI=1S/C13H14BrNS/c1-2-15-7-10-4-3-5-11(6-10)12-8-16-9-13(12)14/h3-6,8-9,15H,2,7H2,1H3. The molecule has 1 nitrogen and oxygen atoms in total. The maximum absolute atomic E-state index is 3.57. The first-order valence-electron chi connectivity index (χ1n) is 5.33. The molecule has 0 saturated heterocycles. The van der Waals surface area contributed by atoms with Gasteiger partial charge >= 0.3 is 0 Å². The summed E-state index contributed by atoms with van der Waals surface area (Å²) < 4.78 is 1.18. The van der Waals surface area contributed by atoms with Crippen LogP contribution in [-0.4, -0.2) is 6.54 Å². The predicted molar refractivity (Wildman–Crippen MR) is 74.8 cm³/mol. The van der Waals surface area contributed by atoms with Gasteiger partial charge in [0.1, 0.15) is 0 Å². The van der Waals surface area contributed by atoms with E-state index in [2.05, 4.69) is 63.2 Å². The molecule has 0 unspecified atom stereocenters. The van der Waals surface area contributed by atoms with Crippen LogP contribution in [0.15, 0.2) is 39.5 Å². The summed E-state index contributed by atoms with van der Waals surface area (Å²) in [5.74, 6) is 0. The van der Waals surface area contributed by atoms with Crippen LogP contribution < -0.4 is 5.32 Å². The topological polar surface area (TPSA) is 12.0 Å². The molecule has 2 aromatic rings. The largest absolute Gasteiger partial charge is 0.313 e. The third-order valence-electron chi connectivity index (χ3n) is 2.43. The fraction of sp³-hybridized carbons (Fsp3) is 0.231. The SMILES string of the molecule is CCNCc1cccc(-c2cscc2Br)c1. The van der Waals surface area contributed by atoms with Gasteiger partial charge in [0.15, 0.2) is 0 Å². The molecule has 0 amide bonds. The van der Waals surface area contributed by atoms with Crippen LogP contribution in [0.2, 0.25) is 0 Å². The lowest BCUT2D eigenvalue weighted by atomic mass is 10.1. The fourth-order valence-corrected chi connectivity index (χ4v) is 3.14. The second-order valence-electron chi connectivity index (χ2n) is 3.61. The third kappa shape index (κ3) is 2.73. The highest BCUT2D eigenvalue weighted by atomic mass is 79.9. The number of halogens is 1. The van der Waals surface area contributed by atoms with Gasteiger partial charge in [-0.2, -0.15) is 11.3 Å². The van der Waals surface area contributed by atoms with Crippen LogP contribution in [0.25, 0.3) is 11.1 Å². The van der Waals surface area contributed by atoms with Crippen LogP contribution in [0.3, 0.4) is 0 Å². The summed E-state index contributed by atoms with van der Waals surface area (Å²) in [5.41, 5.74) is 3.89. The van der Waals surface area contributed by atoms with Gasteiger partial charge in [0.25, 0.3) is 0 Å². The molecule has 1 aromatic carbocycles. The zero-order valence-electron chi connectivity index (χ0n) is 9.16. The highest BCUT2D eigenvalue weighted by Gasteiger charge is 2.04. The quantitative estimate of drug-likeness (QED) is 0.887. The van der Waals surface area contributed by atoms with Crippen molar-refractivity contribution in [1.29, 1.82) is 0 Å². The number of thiophene rings is 1. The van der Waals surface area contributed by atoms with Gasteiger partial charge < -0.3 is 5.32 Å². The highest BCUT2D eigenvalue weighted by molar-refractivity contribution is 9.10. The lowest BCUT2D eigenvalue weighted by Gasteiger charge is -2.05. The maximum Gasteiger partial charge on any atom is 0.0360 e. The monoisotopic (exact) mass is 295 g/mol. The van der Waals surface area contributed by atoms with Gasteiger partial charge in [-0.25, -0.2) is 0 Å². The molecular formula is C13H14BrNS. The van der Waals surface area contributed by atoms with Crippen molar-refractivity contribution >= 4 is 27.3 Å². The van der Waals surface area contributed by atoms with Crippen LogP contribution in [0.5, 0.6) is 0 Å². The van der Waals surface area contributed by atoms with E-state index in [0.29, 0.717) is 0 Å². The Hall–Kier alpha value is -0.640. The molecule has 0 radical (unpaired) electrons. The molecule has 1 aromatic heterocycles. The number of hydrogen-bond donors (Lipinski definition) is 1. The Morgan fingerprint density at radius 3 is 2.88 bits per heavy atom. The minimum absolute atomic E-state index is 0.937. The van der Waals surface area contributed by atoms with E-state index < -0.39 is 0 Å². The van der Waals surface area contributed by atoms with E-state index in [0.717, 1.165) is 13.1 Å². The van der Waals surface area contributed by atoms with Gasteiger partial charge in [-0.15, -0.1) is 0 Å². The summed E-state index contributed by atoms with van der Waals surface area (Å²) in [6, 6.07) is 8.68. The summed E-state index contributed by atoms with van der Waals surface area (Å²) in [5, 5.41) is 7.64. The van der Waals surface area contributed by atoms with Crippen molar-refractivity contribution in [2.75, 3.05) is 6.54 Å². The Morgan fingerprint density at radius 2 is 2.19 bits per heavy atom. The van der Waals surface area contributed by atoms with E-state index in [1.165, 1.54) is 21.2 Å². The molecule has 16 heavy (non-hydrogen) atoms. The Balaban J connectivity index is 2.26. The Kier molecular flexibility index (Phi) is 4.16. The molecule has 84 valence electrons. The van der Waals surface area contributed by atoms with Crippen molar-refractivity contribution in [2.24, 2.45) is 0 Å². The zero-order chi connectivity index (χ0) is 11.4. The van der Waals surface area contributed by atoms with Gasteiger partial charge in [0, 0.05) is 22.0 Å². The van der Waals surface area contributed by atoms with Crippen molar-refractivity contribution in [3.8, 4) is 11.1 Å². The molecule has 3 heteroatoms. The first kappa shape index (κ1) is 11.8. The van der Waals surface area contributed by atoms with Crippen LogP contribution >= 0.6 is 27.3 Å². The molecule has 0 bridgehead atoms. The Bertz CT molecular complexity index is 464. The summed E-state index contributed by atoms with van der Waals surface area (Å²) in [6.07, 6.45) is 0. The molecule has 0 aliphatic rings. The number of benzene rings is 1. The Labute approximate surface area is 109 Å². The van der Waals surface area contributed by atoms with Gasteiger partial charge in [-0.05, 0) is 45.0 Å². The summed E-state index contributed by atoms with van der Waals surface area (Å²) in [4.78, 5) is 0. The summed E-state index contributed by atoms with van der Waals surface area (Å²) >= 11 is 5.30. The minimum atomic E-state index is 0.937. The van der Waals surface area contributed by atoms with Gasteiger partial charge in [-0.3, -0.25) is 0 Å². The summed E-state index contributed by atoms with van der Waals surface area (Å²) in [7, 11) is 0. The molecular weight excluding hydrogens is 282 g/mol. The fourth-order valence-electron chi connectivity index (χ4n) is 1.61. The van der Waals surface area contributed by atoms with Gasteiger partial charge in [0.05, 0.1) is 0 Å². The van der Waals surface area contributed by atoms with Crippen LogP contribution in [-0.2, 0) is 6.54 Å². The lowest BCUT2D eigenvalue weighted by Crippen LogP contribution is -2.11. The molecule has 2 rings (SSSR count). The molecule has 1 heterocycles. The lowest BCUT2D eigenvalue weighted by molar-refractivity contribution is 0.727. The number of hydrogen-bond acceptors (Lipinski definition) is 2. The van der Waals surface area contributed by atoms with Crippen molar-refractivity contribution in [3.05, 3.63) is 45.1 Å². The van der Waals surface area contributed by atoms with E-state index in [4.69, 9.17) is 0 Å². The number of nitrogens with one attached hydrogen (secondary N) is 1. The molecule has 0 aliphatic heterocycles. The molecule has 0 atom stereocenters. The average Bonchev–Trinajstić information content (AvgIpc) is 2.73. The van der Waals surface area contributed by atoms with Crippen molar-refractivity contribution in [3.63, 3.8) is 0 Å². The zero-order valence-corrected chi connectivity index (χ0v) is 11.6. The number of rotatable bonds is 4.